The van der Waals surface area contributed by atoms with Crippen LogP contribution in [-0.4, -0.2) is 9.97 Å². The van der Waals surface area contributed by atoms with E-state index in [2.05, 4.69) is 15.3 Å². The Morgan fingerprint density at radius 1 is 1.38 bits per heavy atom. The van der Waals surface area contributed by atoms with Gasteiger partial charge in [-0.25, -0.2) is 9.37 Å². The van der Waals surface area contributed by atoms with Crippen molar-refractivity contribution in [2.75, 3.05) is 0 Å². The van der Waals surface area contributed by atoms with Crippen molar-refractivity contribution in [1.29, 1.82) is 0 Å². The molecular formula is C11H12FN3S. The maximum Gasteiger partial charge on any atom is 0.141 e. The van der Waals surface area contributed by atoms with Crippen LogP contribution in [0.15, 0.2) is 23.8 Å². The van der Waals surface area contributed by atoms with Crippen molar-refractivity contribution < 1.29 is 4.39 Å². The molecule has 0 fully saturated rings. The third kappa shape index (κ3) is 3.08. The van der Waals surface area contributed by atoms with Crippen LogP contribution in [0.2, 0.25) is 0 Å². The number of pyridine rings is 1. The lowest BCUT2D eigenvalue weighted by atomic mass is 10.3. The number of nitrogens with one attached hydrogen (secondary N) is 1. The molecule has 0 atom stereocenters. The molecule has 2 aromatic rings. The van der Waals surface area contributed by atoms with E-state index in [4.69, 9.17) is 0 Å². The summed E-state index contributed by atoms with van der Waals surface area (Å²) in [5.41, 5.74) is 1.88. The monoisotopic (exact) mass is 237 g/mol. The van der Waals surface area contributed by atoms with Crippen LogP contribution in [0.1, 0.15) is 16.3 Å². The van der Waals surface area contributed by atoms with Crippen LogP contribution in [0.5, 0.6) is 0 Å². The fraction of sp³-hybridized carbons (Fsp3) is 0.273. The molecule has 0 radical (unpaired) electrons. The van der Waals surface area contributed by atoms with Crippen LogP contribution in [0.4, 0.5) is 4.39 Å². The number of rotatable bonds is 4. The highest BCUT2D eigenvalue weighted by Crippen LogP contribution is 2.08. The molecule has 2 heterocycles. The van der Waals surface area contributed by atoms with Crippen LogP contribution in [0.3, 0.4) is 0 Å². The number of halogens is 1. The van der Waals surface area contributed by atoms with Crippen LogP contribution >= 0.6 is 11.3 Å². The van der Waals surface area contributed by atoms with Gasteiger partial charge in [-0.3, -0.25) is 4.98 Å². The summed E-state index contributed by atoms with van der Waals surface area (Å²) in [6.07, 6.45) is 2.86. The maximum absolute atomic E-state index is 12.8. The average Bonchev–Trinajstić information content (AvgIpc) is 2.64. The third-order valence-corrected chi connectivity index (χ3v) is 3.00. The maximum atomic E-state index is 12.8. The highest BCUT2D eigenvalue weighted by atomic mass is 32.1. The molecule has 0 saturated carbocycles. The van der Waals surface area contributed by atoms with Crippen LogP contribution in [-0.2, 0) is 13.1 Å². The van der Waals surface area contributed by atoms with E-state index in [-0.39, 0.29) is 5.82 Å². The molecule has 0 aromatic carbocycles. The molecule has 84 valence electrons. The van der Waals surface area contributed by atoms with Gasteiger partial charge in [0.25, 0.3) is 0 Å². The summed E-state index contributed by atoms with van der Waals surface area (Å²) < 4.78 is 12.8. The second kappa shape index (κ2) is 5.14. The van der Waals surface area contributed by atoms with Gasteiger partial charge >= 0.3 is 0 Å². The number of hydrogen-bond acceptors (Lipinski definition) is 4. The van der Waals surface area contributed by atoms with Crippen molar-refractivity contribution in [1.82, 2.24) is 15.3 Å². The van der Waals surface area contributed by atoms with Gasteiger partial charge in [-0.2, -0.15) is 0 Å². The van der Waals surface area contributed by atoms with Crippen LogP contribution in [0.25, 0.3) is 0 Å². The Morgan fingerprint density at radius 2 is 2.25 bits per heavy atom. The molecule has 1 N–H and O–H groups in total. The number of aryl methyl sites for hydroxylation is 1. The van der Waals surface area contributed by atoms with E-state index in [1.165, 1.54) is 12.3 Å². The van der Waals surface area contributed by atoms with Gasteiger partial charge in [0, 0.05) is 30.4 Å². The first-order valence-corrected chi connectivity index (χ1v) is 5.83. The average molecular weight is 237 g/mol. The van der Waals surface area contributed by atoms with E-state index >= 15 is 0 Å². The molecule has 3 nitrogen and oxygen atoms in total. The first kappa shape index (κ1) is 11.2. The molecule has 0 aliphatic rings. The molecule has 0 aliphatic carbocycles. The second-order valence-corrected chi connectivity index (χ2v) is 4.44. The van der Waals surface area contributed by atoms with E-state index in [0.717, 1.165) is 16.3 Å². The Hall–Kier alpha value is -1.33. The topological polar surface area (TPSA) is 37.8 Å². The lowest BCUT2D eigenvalue weighted by molar-refractivity contribution is 0.612. The number of aromatic nitrogens is 2. The fourth-order valence-corrected chi connectivity index (χ4v) is 2.09. The number of thiazole rings is 1. The molecule has 0 unspecified atom stereocenters. The van der Waals surface area contributed by atoms with Crippen molar-refractivity contribution >= 4 is 11.3 Å². The Morgan fingerprint density at radius 3 is 2.94 bits per heavy atom. The summed E-state index contributed by atoms with van der Waals surface area (Å²) in [5.74, 6) is -0.301. The normalized spacial score (nSPS) is 10.6. The van der Waals surface area contributed by atoms with Crippen molar-refractivity contribution in [3.8, 4) is 0 Å². The predicted molar refractivity (Wildman–Crippen MR) is 61.6 cm³/mol. The lowest BCUT2D eigenvalue weighted by Crippen LogP contribution is -2.12. The molecule has 0 spiro atoms. The van der Waals surface area contributed by atoms with Gasteiger partial charge in [-0.15, -0.1) is 11.3 Å². The second-order valence-electron chi connectivity index (χ2n) is 3.50. The molecule has 0 saturated heterocycles. The summed E-state index contributed by atoms with van der Waals surface area (Å²) in [7, 11) is 0. The standard InChI is InChI=1S/C11H12FN3S/c1-8-7-16-11(15-8)6-14-4-9-2-10(12)5-13-3-9/h2-3,5,7,14H,4,6H2,1H3. The SMILES string of the molecule is Cc1csc(CNCc2cncc(F)c2)n1. The first-order chi connectivity index (χ1) is 7.74. The molecular weight excluding hydrogens is 225 g/mol. The molecule has 0 amide bonds. The number of hydrogen-bond donors (Lipinski definition) is 1. The van der Waals surface area contributed by atoms with Gasteiger partial charge < -0.3 is 5.32 Å². The summed E-state index contributed by atoms with van der Waals surface area (Å²) >= 11 is 1.62. The van der Waals surface area contributed by atoms with Gasteiger partial charge in [0.1, 0.15) is 10.8 Å². The third-order valence-electron chi connectivity index (χ3n) is 2.03. The summed E-state index contributed by atoms with van der Waals surface area (Å²) in [6, 6.07) is 1.48. The van der Waals surface area contributed by atoms with E-state index < -0.39 is 0 Å². The molecule has 2 aromatic heterocycles. The first-order valence-electron chi connectivity index (χ1n) is 4.95. The van der Waals surface area contributed by atoms with Gasteiger partial charge in [0.2, 0.25) is 0 Å². The smallest absolute Gasteiger partial charge is 0.141 e. The van der Waals surface area contributed by atoms with Gasteiger partial charge in [0.15, 0.2) is 0 Å². The number of nitrogens with zero attached hydrogens (tertiary/aromatic N) is 2. The van der Waals surface area contributed by atoms with E-state index in [1.807, 2.05) is 12.3 Å². The molecule has 2 rings (SSSR count). The zero-order chi connectivity index (χ0) is 11.4. The van der Waals surface area contributed by atoms with E-state index in [9.17, 15) is 4.39 Å². The zero-order valence-electron chi connectivity index (χ0n) is 8.90. The van der Waals surface area contributed by atoms with E-state index in [1.54, 1.807) is 17.5 Å². The van der Waals surface area contributed by atoms with Crippen molar-refractivity contribution in [2.45, 2.75) is 20.0 Å². The van der Waals surface area contributed by atoms with Crippen LogP contribution in [0, 0.1) is 12.7 Å². The Labute approximate surface area is 97.4 Å². The Kier molecular flexibility index (Phi) is 3.58. The minimum absolute atomic E-state index is 0.301. The molecule has 0 aliphatic heterocycles. The highest BCUT2D eigenvalue weighted by Gasteiger charge is 1.99. The van der Waals surface area contributed by atoms with E-state index in [0.29, 0.717) is 13.1 Å². The molecule has 16 heavy (non-hydrogen) atoms. The predicted octanol–water partition coefficient (Wildman–Crippen LogP) is 2.28. The van der Waals surface area contributed by atoms with Crippen molar-refractivity contribution in [3.05, 3.63) is 45.9 Å². The zero-order valence-corrected chi connectivity index (χ0v) is 9.72. The fourth-order valence-electron chi connectivity index (χ4n) is 1.35. The van der Waals surface area contributed by atoms with Crippen molar-refractivity contribution in [2.24, 2.45) is 0 Å². The minimum atomic E-state index is -0.301. The quantitative estimate of drug-likeness (QED) is 0.886. The Balaban J connectivity index is 1.84. The van der Waals surface area contributed by atoms with Gasteiger partial charge in [-0.05, 0) is 18.6 Å². The molecule has 5 heteroatoms. The Bertz CT molecular complexity index is 470. The summed E-state index contributed by atoms with van der Waals surface area (Å²) in [6.45, 7) is 3.27. The summed E-state index contributed by atoms with van der Waals surface area (Å²) in [5, 5.41) is 6.26. The molecule has 0 bridgehead atoms. The van der Waals surface area contributed by atoms with Crippen LogP contribution < -0.4 is 5.32 Å². The van der Waals surface area contributed by atoms with Crippen molar-refractivity contribution in [3.63, 3.8) is 0 Å². The van der Waals surface area contributed by atoms with Gasteiger partial charge in [0.05, 0.1) is 6.20 Å². The highest BCUT2D eigenvalue weighted by molar-refractivity contribution is 7.09. The minimum Gasteiger partial charge on any atom is -0.306 e. The largest absolute Gasteiger partial charge is 0.306 e. The summed E-state index contributed by atoms with van der Waals surface area (Å²) in [4.78, 5) is 8.11. The van der Waals surface area contributed by atoms with Gasteiger partial charge in [-0.1, -0.05) is 0 Å². The lowest BCUT2D eigenvalue weighted by Gasteiger charge is -2.02.